The Hall–Kier alpha value is -1.87. The fourth-order valence-electron chi connectivity index (χ4n) is 1.77. The molecule has 0 N–H and O–H groups in total. The van der Waals surface area contributed by atoms with Crippen LogP contribution in [-0.4, -0.2) is 12.9 Å². The summed E-state index contributed by atoms with van der Waals surface area (Å²) < 4.78 is 18.1. The minimum Gasteiger partial charge on any atom is -0.494 e. The average Bonchev–Trinajstić information content (AvgIpc) is 2.39. The fraction of sp³-hybridized carbons (Fsp3) is 0.133. The summed E-state index contributed by atoms with van der Waals surface area (Å²) in [6.07, 6.45) is 0.218. The van der Waals surface area contributed by atoms with E-state index in [9.17, 15) is 9.18 Å². The van der Waals surface area contributed by atoms with Crippen LogP contribution in [0.5, 0.6) is 5.75 Å². The molecule has 98 valence electrons. The Morgan fingerprint density at radius 2 is 2.05 bits per heavy atom. The van der Waals surface area contributed by atoms with Gasteiger partial charge in [-0.05, 0) is 35.9 Å². The van der Waals surface area contributed by atoms with E-state index in [4.69, 9.17) is 16.3 Å². The average molecular weight is 279 g/mol. The van der Waals surface area contributed by atoms with Gasteiger partial charge in [-0.3, -0.25) is 4.79 Å². The predicted molar refractivity (Wildman–Crippen MR) is 72.4 cm³/mol. The van der Waals surface area contributed by atoms with E-state index < -0.39 is 5.82 Å². The molecule has 0 fully saturated rings. The lowest BCUT2D eigenvalue weighted by Crippen LogP contribution is -2.04. The van der Waals surface area contributed by atoms with E-state index in [0.29, 0.717) is 10.6 Å². The molecule has 0 aliphatic carbocycles. The van der Waals surface area contributed by atoms with Crippen molar-refractivity contribution in [2.75, 3.05) is 7.11 Å². The SMILES string of the molecule is COc1cc(C(=O)Cc2cccc(Cl)c2)ccc1F. The van der Waals surface area contributed by atoms with Gasteiger partial charge in [0.05, 0.1) is 7.11 Å². The zero-order valence-electron chi connectivity index (χ0n) is 10.3. The molecule has 0 atom stereocenters. The molecule has 19 heavy (non-hydrogen) atoms. The first kappa shape index (κ1) is 13.6. The zero-order valence-corrected chi connectivity index (χ0v) is 11.1. The van der Waals surface area contributed by atoms with Crippen LogP contribution in [0.1, 0.15) is 15.9 Å². The molecule has 0 aliphatic rings. The van der Waals surface area contributed by atoms with Gasteiger partial charge in [0.15, 0.2) is 17.3 Å². The van der Waals surface area contributed by atoms with Crippen molar-refractivity contribution in [1.82, 2.24) is 0 Å². The van der Waals surface area contributed by atoms with E-state index in [2.05, 4.69) is 0 Å². The van der Waals surface area contributed by atoms with Crippen LogP contribution in [0.25, 0.3) is 0 Å². The molecule has 2 aromatic carbocycles. The molecule has 2 rings (SSSR count). The van der Waals surface area contributed by atoms with Gasteiger partial charge in [-0.2, -0.15) is 0 Å². The number of Topliss-reactive ketones (excluding diaryl/α,β-unsaturated/α-hetero) is 1. The number of carbonyl (C=O) groups excluding carboxylic acids is 1. The van der Waals surface area contributed by atoms with Gasteiger partial charge in [0.25, 0.3) is 0 Å². The van der Waals surface area contributed by atoms with Gasteiger partial charge in [-0.15, -0.1) is 0 Å². The highest BCUT2D eigenvalue weighted by atomic mass is 35.5. The molecule has 2 nitrogen and oxygen atoms in total. The van der Waals surface area contributed by atoms with Crippen molar-refractivity contribution in [2.45, 2.75) is 6.42 Å². The normalized spacial score (nSPS) is 10.3. The maximum absolute atomic E-state index is 13.3. The van der Waals surface area contributed by atoms with Gasteiger partial charge in [0.2, 0.25) is 0 Å². The largest absolute Gasteiger partial charge is 0.494 e. The third-order valence-corrected chi connectivity index (χ3v) is 2.96. The highest BCUT2D eigenvalue weighted by Crippen LogP contribution is 2.20. The van der Waals surface area contributed by atoms with Gasteiger partial charge in [0.1, 0.15) is 0 Å². The van der Waals surface area contributed by atoms with E-state index in [-0.39, 0.29) is 18.0 Å². The molecular weight excluding hydrogens is 267 g/mol. The smallest absolute Gasteiger partial charge is 0.167 e. The van der Waals surface area contributed by atoms with Crippen LogP contribution in [0.3, 0.4) is 0 Å². The number of hydrogen-bond acceptors (Lipinski definition) is 2. The van der Waals surface area contributed by atoms with Crippen molar-refractivity contribution in [3.63, 3.8) is 0 Å². The Morgan fingerprint density at radius 1 is 1.26 bits per heavy atom. The number of carbonyl (C=O) groups is 1. The fourth-order valence-corrected chi connectivity index (χ4v) is 1.98. The molecule has 0 aliphatic heterocycles. The Kier molecular flexibility index (Phi) is 4.17. The van der Waals surface area contributed by atoms with Crippen LogP contribution in [0, 0.1) is 5.82 Å². The molecule has 4 heteroatoms. The van der Waals surface area contributed by atoms with Crippen LogP contribution in [-0.2, 0) is 6.42 Å². The number of halogens is 2. The Labute approximate surface area is 115 Å². The first-order valence-corrected chi connectivity index (χ1v) is 6.09. The monoisotopic (exact) mass is 278 g/mol. The van der Waals surface area contributed by atoms with E-state index in [0.717, 1.165) is 5.56 Å². The van der Waals surface area contributed by atoms with Crippen LogP contribution in [0.2, 0.25) is 5.02 Å². The molecule has 0 unspecified atom stereocenters. The summed E-state index contributed by atoms with van der Waals surface area (Å²) in [6, 6.07) is 11.2. The maximum atomic E-state index is 13.3. The highest BCUT2D eigenvalue weighted by molar-refractivity contribution is 6.30. The van der Waals surface area contributed by atoms with Gasteiger partial charge in [0, 0.05) is 17.0 Å². The summed E-state index contributed by atoms with van der Waals surface area (Å²) in [4.78, 5) is 12.1. The summed E-state index contributed by atoms with van der Waals surface area (Å²) in [7, 11) is 1.36. The maximum Gasteiger partial charge on any atom is 0.167 e. The van der Waals surface area contributed by atoms with Crippen LogP contribution in [0.15, 0.2) is 42.5 Å². The molecular formula is C15H12ClFO2. The van der Waals surface area contributed by atoms with Crippen molar-refractivity contribution in [1.29, 1.82) is 0 Å². The second kappa shape index (κ2) is 5.85. The van der Waals surface area contributed by atoms with Gasteiger partial charge in [-0.25, -0.2) is 4.39 Å². The Balaban J connectivity index is 2.20. The van der Waals surface area contributed by atoms with E-state index in [1.165, 1.54) is 25.3 Å². The molecule has 0 heterocycles. The van der Waals surface area contributed by atoms with Gasteiger partial charge in [-0.1, -0.05) is 23.7 Å². The minimum atomic E-state index is -0.484. The highest BCUT2D eigenvalue weighted by Gasteiger charge is 2.11. The second-order valence-corrected chi connectivity index (χ2v) is 4.52. The summed E-state index contributed by atoms with van der Waals surface area (Å²) in [5.74, 6) is -0.528. The Bertz CT molecular complexity index is 611. The predicted octanol–water partition coefficient (Wildman–Crippen LogP) is 3.91. The molecule has 0 bridgehead atoms. The quantitative estimate of drug-likeness (QED) is 0.793. The third kappa shape index (κ3) is 3.32. The molecule has 0 radical (unpaired) electrons. The lowest BCUT2D eigenvalue weighted by Gasteiger charge is -2.05. The molecule has 0 saturated heterocycles. The van der Waals surface area contributed by atoms with Crippen molar-refractivity contribution in [2.24, 2.45) is 0 Å². The standard InChI is InChI=1S/C15H12ClFO2/c1-19-15-9-11(5-6-13(15)17)14(18)8-10-3-2-4-12(16)7-10/h2-7,9H,8H2,1H3. The summed E-state index contributed by atoms with van der Waals surface area (Å²) in [5.41, 5.74) is 1.24. The Morgan fingerprint density at radius 3 is 2.74 bits per heavy atom. The van der Waals surface area contributed by atoms with Crippen molar-refractivity contribution in [3.8, 4) is 5.75 Å². The zero-order chi connectivity index (χ0) is 13.8. The van der Waals surface area contributed by atoms with Crippen molar-refractivity contribution in [3.05, 3.63) is 64.4 Å². The van der Waals surface area contributed by atoms with E-state index in [1.54, 1.807) is 18.2 Å². The number of hydrogen-bond donors (Lipinski definition) is 0. The summed E-state index contributed by atoms with van der Waals surface area (Å²) >= 11 is 5.86. The lowest BCUT2D eigenvalue weighted by atomic mass is 10.0. The van der Waals surface area contributed by atoms with Gasteiger partial charge < -0.3 is 4.74 Å². The first-order chi connectivity index (χ1) is 9.10. The molecule has 0 aromatic heterocycles. The van der Waals surface area contributed by atoms with Gasteiger partial charge >= 0.3 is 0 Å². The topological polar surface area (TPSA) is 26.3 Å². The summed E-state index contributed by atoms with van der Waals surface area (Å²) in [6.45, 7) is 0. The summed E-state index contributed by atoms with van der Waals surface area (Å²) in [5, 5.41) is 0.585. The number of methoxy groups -OCH3 is 1. The van der Waals surface area contributed by atoms with E-state index in [1.807, 2.05) is 6.07 Å². The number of benzene rings is 2. The molecule has 2 aromatic rings. The lowest BCUT2D eigenvalue weighted by molar-refractivity contribution is 0.0992. The van der Waals surface area contributed by atoms with Crippen molar-refractivity contribution >= 4 is 17.4 Å². The van der Waals surface area contributed by atoms with Crippen molar-refractivity contribution < 1.29 is 13.9 Å². The van der Waals surface area contributed by atoms with Crippen LogP contribution < -0.4 is 4.74 Å². The van der Waals surface area contributed by atoms with E-state index >= 15 is 0 Å². The second-order valence-electron chi connectivity index (χ2n) is 4.08. The third-order valence-electron chi connectivity index (χ3n) is 2.73. The number of rotatable bonds is 4. The van der Waals surface area contributed by atoms with Crippen LogP contribution in [0.4, 0.5) is 4.39 Å². The molecule has 0 saturated carbocycles. The first-order valence-electron chi connectivity index (χ1n) is 5.71. The number of ketones is 1. The molecule has 0 amide bonds. The molecule has 0 spiro atoms. The minimum absolute atomic E-state index is 0.0666. The number of ether oxygens (including phenoxy) is 1. The van der Waals surface area contributed by atoms with Crippen LogP contribution >= 0.6 is 11.6 Å².